The Morgan fingerprint density at radius 2 is 1.93 bits per heavy atom. The molecule has 0 spiro atoms. The fraction of sp³-hybridized carbons (Fsp3) is 0.238. The summed E-state index contributed by atoms with van der Waals surface area (Å²) in [7, 11) is 0. The lowest BCUT2D eigenvalue weighted by Gasteiger charge is -2.28. The number of thiocarbonyl (C=S) groups is 1. The highest BCUT2D eigenvalue weighted by atomic mass is 32.1. The molecule has 3 aromatic rings. The second kappa shape index (κ2) is 8.08. The molecule has 0 unspecified atom stereocenters. The summed E-state index contributed by atoms with van der Waals surface area (Å²) >= 11 is 5.59. The monoisotopic (exact) mass is 396 g/mol. The summed E-state index contributed by atoms with van der Waals surface area (Å²) in [5.74, 6) is -0.287. The molecule has 1 saturated heterocycles. The van der Waals surface area contributed by atoms with Gasteiger partial charge in [0.1, 0.15) is 5.82 Å². The SMILES string of the molecule is OCCCN1C(=S)N[C@@H](c2ccccn2)[C@H]1c1cccn1-c1ccccc1F. The summed E-state index contributed by atoms with van der Waals surface area (Å²) in [6.07, 6.45) is 4.20. The molecule has 5 nitrogen and oxygen atoms in total. The Morgan fingerprint density at radius 1 is 1.11 bits per heavy atom. The topological polar surface area (TPSA) is 53.3 Å². The van der Waals surface area contributed by atoms with Gasteiger partial charge >= 0.3 is 0 Å². The van der Waals surface area contributed by atoms with E-state index in [9.17, 15) is 9.50 Å². The van der Waals surface area contributed by atoms with E-state index >= 15 is 0 Å². The van der Waals surface area contributed by atoms with E-state index in [-0.39, 0.29) is 24.5 Å². The number of pyridine rings is 1. The molecule has 0 saturated carbocycles. The number of nitrogens with zero attached hydrogens (tertiary/aromatic N) is 3. The van der Waals surface area contributed by atoms with Crippen LogP contribution in [0.4, 0.5) is 4.39 Å². The summed E-state index contributed by atoms with van der Waals surface area (Å²) in [5.41, 5.74) is 2.26. The van der Waals surface area contributed by atoms with Gasteiger partial charge in [-0.3, -0.25) is 4.98 Å². The van der Waals surface area contributed by atoms with Crippen molar-refractivity contribution in [1.82, 2.24) is 19.8 Å². The summed E-state index contributed by atoms with van der Waals surface area (Å²) in [6, 6.07) is 16.0. The quantitative estimate of drug-likeness (QED) is 0.626. The Labute approximate surface area is 168 Å². The average Bonchev–Trinajstić information content (AvgIpc) is 3.31. The molecule has 1 aromatic carbocycles. The van der Waals surface area contributed by atoms with Gasteiger partial charge in [0.15, 0.2) is 5.11 Å². The molecule has 4 rings (SSSR count). The van der Waals surface area contributed by atoms with Crippen LogP contribution in [0, 0.1) is 5.82 Å². The second-order valence-corrected chi connectivity index (χ2v) is 7.04. The lowest BCUT2D eigenvalue weighted by molar-refractivity contribution is 0.244. The van der Waals surface area contributed by atoms with Crippen molar-refractivity contribution in [3.63, 3.8) is 0 Å². The maximum absolute atomic E-state index is 14.5. The third kappa shape index (κ3) is 3.39. The molecule has 2 aromatic heterocycles. The molecular formula is C21H21FN4OS. The molecule has 28 heavy (non-hydrogen) atoms. The van der Waals surface area contributed by atoms with Gasteiger partial charge in [-0.2, -0.15) is 0 Å². The molecule has 0 aliphatic carbocycles. The van der Waals surface area contributed by atoms with Crippen LogP contribution in [-0.2, 0) is 0 Å². The second-order valence-electron chi connectivity index (χ2n) is 6.65. The third-order valence-electron chi connectivity index (χ3n) is 4.95. The van der Waals surface area contributed by atoms with Gasteiger partial charge in [0.05, 0.1) is 23.5 Å². The van der Waals surface area contributed by atoms with Crippen LogP contribution in [0.5, 0.6) is 0 Å². The van der Waals surface area contributed by atoms with Gasteiger partial charge in [-0.25, -0.2) is 4.39 Å². The highest BCUT2D eigenvalue weighted by Crippen LogP contribution is 2.39. The lowest BCUT2D eigenvalue weighted by Crippen LogP contribution is -2.31. The van der Waals surface area contributed by atoms with E-state index in [0.29, 0.717) is 23.8 Å². The number of hydrogen-bond acceptors (Lipinski definition) is 3. The smallest absolute Gasteiger partial charge is 0.170 e. The molecule has 0 radical (unpaired) electrons. The highest BCUT2D eigenvalue weighted by molar-refractivity contribution is 7.80. The fourth-order valence-electron chi connectivity index (χ4n) is 3.71. The summed E-state index contributed by atoms with van der Waals surface area (Å²) in [5, 5.41) is 13.3. The number of nitrogens with one attached hydrogen (secondary N) is 1. The van der Waals surface area contributed by atoms with Crippen molar-refractivity contribution in [3.8, 4) is 5.69 Å². The molecule has 0 bridgehead atoms. The number of hydrogen-bond donors (Lipinski definition) is 2. The number of halogens is 1. The van der Waals surface area contributed by atoms with Crippen LogP contribution < -0.4 is 5.32 Å². The van der Waals surface area contributed by atoms with Crippen molar-refractivity contribution < 1.29 is 9.50 Å². The van der Waals surface area contributed by atoms with Crippen molar-refractivity contribution in [3.05, 3.63) is 84.2 Å². The van der Waals surface area contributed by atoms with Crippen molar-refractivity contribution in [2.45, 2.75) is 18.5 Å². The maximum Gasteiger partial charge on any atom is 0.170 e. The Balaban J connectivity index is 1.81. The van der Waals surface area contributed by atoms with Crippen LogP contribution in [0.1, 0.15) is 29.9 Å². The Morgan fingerprint density at radius 3 is 2.68 bits per heavy atom. The zero-order chi connectivity index (χ0) is 19.5. The normalized spacial score (nSPS) is 19.1. The number of aliphatic hydroxyl groups is 1. The minimum Gasteiger partial charge on any atom is -0.396 e. The molecule has 2 N–H and O–H groups in total. The first-order chi connectivity index (χ1) is 13.7. The van der Waals surface area contributed by atoms with Gasteiger partial charge in [0.2, 0.25) is 0 Å². The van der Waals surface area contributed by atoms with E-state index in [0.717, 1.165) is 11.4 Å². The predicted molar refractivity (Wildman–Crippen MR) is 110 cm³/mol. The average molecular weight is 396 g/mol. The van der Waals surface area contributed by atoms with Crippen LogP contribution >= 0.6 is 12.2 Å². The largest absolute Gasteiger partial charge is 0.396 e. The fourth-order valence-corrected chi connectivity index (χ4v) is 4.04. The highest BCUT2D eigenvalue weighted by Gasteiger charge is 2.41. The van der Waals surface area contributed by atoms with Crippen molar-refractivity contribution in [2.75, 3.05) is 13.2 Å². The van der Waals surface area contributed by atoms with Crippen molar-refractivity contribution in [1.29, 1.82) is 0 Å². The zero-order valence-electron chi connectivity index (χ0n) is 15.2. The van der Waals surface area contributed by atoms with Gasteiger partial charge in [-0.05, 0) is 55.0 Å². The van der Waals surface area contributed by atoms with Gasteiger partial charge in [0, 0.05) is 31.2 Å². The Bertz CT molecular complexity index is 962. The summed E-state index contributed by atoms with van der Waals surface area (Å²) in [4.78, 5) is 6.56. The van der Waals surface area contributed by atoms with Crippen LogP contribution in [0.2, 0.25) is 0 Å². The molecule has 7 heteroatoms. The first kappa shape index (κ1) is 18.6. The van der Waals surface area contributed by atoms with Crippen LogP contribution in [-0.4, -0.2) is 37.8 Å². The van der Waals surface area contributed by atoms with Crippen LogP contribution in [0.15, 0.2) is 67.0 Å². The van der Waals surface area contributed by atoms with Gasteiger partial charge in [-0.1, -0.05) is 18.2 Å². The van der Waals surface area contributed by atoms with Crippen molar-refractivity contribution in [2.24, 2.45) is 0 Å². The zero-order valence-corrected chi connectivity index (χ0v) is 16.0. The number of benzene rings is 1. The Kier molecular flexibility index (Phi) is 5.36. The number of para-hydroxylation sites is 1. The Hall–Kier alpha value is -2.77. The molecule has 2 atom stereocenters. The van der Waals surface area contributed by atoms with E-state index in [2.05, 4.69) is 15.2 Å². The third-order valence-corrected chi connectivity index (χ3v) is 5.30. The first-order valence-corrected chi connectivity index (χ1v) is 9.62. The van der Waals surface area contributed by atoms with Gasteiger partial charge < -0.3 is 19.9 Å². The van der Waals surface area contributed by atoms with Gasteiger partial charge in [0.25, 0.3) is 0 Å². The molecule has 3 heterocycles. The molecule has 1 fully saturated rings. The standard InChI is InChI=1S/C21H21FN4OS/c22-15-7-1-2-9-17(15)25-12-5-10-18(25)20-19(16-8-3-4-11-23-16)24-21(28)26(20)13-6-14-27/h1-5,7-12,19-20,27H,6,13-14H2,(H,24,28)/t19-,20+/m0/s1. The number of aromatic nitrogens is 2. The minimum atomic E-state index is -0.287. The summed E-state index contributed by atoms with van der Waals surface area (Å²) in [6.45, 7) is 0.674. The van der Waals surface area contributed by atoms with Gasteiger partial charge in [-0.15, -0.1) is 0 Å². The van der Waals surface area contributed by atoms with Crippen LogP contribution in [0.25, 0.3) is 5.69 Å². The minimum absolute atomic E-state index is 0.0778. The lowest BCUT2D eigenvalue weighted by atomic mass is 10.0. The van der Waals surface area contributed by atoms with E-state index in [1.54, 1.807) is 18.3 Å². The van der Waals surface area contributed by atoms with E-state index in [4.69, 9.17) is 12.2 Å². The maximum atomic E-state index is 14.5. The number of rotatable bonds is 6. The molecule has 0 amide bonds. The first-order valence-electron chi connectivity index (χ1n) is 9.22. The molecule has 1 aliphatic heterocycles. The molecular weight excluding hydrogens is 375 g/mol. The summed E-state index contributed by atoms with van der Waals surface area (Å²) < 4.78 is 16.4. The van der Waals surface area contributed by atoms with E-state index < -0.39 is 0 Å². The molecule has 144 valence electrons. The van der Waals surface area contributed by atoms with Crippen molar-refractivity contribution >= 4 is 17.3 Å². The number of aliphatic hydroxyl groups excluding tert-OH is 1. The van der Waals surface area contributed by atoms with E-state index in [1.165, 1.54) is 6.07 Å². The van der Waals surface area contributed by atoms with Crippen LogP contribution in [0.3, 0.4) is 0 Å². The molecule has 1 aliphatic rings. The predicted octanol–water partition coefficient (Wildman–Crippen LogP) is 3.37. The van der Waals surface area contributed by atoms with E-state index in [1.807, 2.05) is 47.2 Å².